The largest absolute Gasteiger partial charge is 0.444 e. The Morgan fingerprint density at radius 3 is 2.19 bits per heavy atom. The highest BCUT2D eigenvalue weighted by atomic mass is 16.6. The van der Waals surface area contributed by atoms with Gasteiger partial charge in [-0.1, -0.05) is 6.42 Å². The molecule has 1 saturated carbocycles. The molecule has 142 valence electrons. The number of nitro benzene ring substituents is 1. The molecule has 1 aromatic carbocycles. The van der Waals surface area contributed by atoms with Crippen LogP contribution in [0.2, 0.25) is 0 Å². The standard InChI is InChI=1S/C18H24N2O6/c1-17(2,3)26-16(22)19-18(11-5-4-6-12-18)25-15(21)13-7-9-14(10-8-13)20(23)24/h7-10H,4-6,11-12H2,1-3H3,(H,19,22). The van der Waals surface area contributed by atoms with Gasteiger partial charge in [0.25, 0.3) is 5.69 Å². The van der Waals surface area contributed by atoms with E-state index in [1.807, 2.05) is 0 Å². The summed E-state index contributed by atoms with van der Waals surface area (Å²) in [6.45, 7) is 5.26. The summed E-state index contributed by atoms with van der Waals surface area (Å²) in [5.41, 5.74) is -1.71. The predicted molar refractivity (Wildman–Crippen MR) is 93.7 cm³/mol. The lowest BCUT2D eigenvalue weighted by Crippen LogP contribution is -2.54. The third kappa shape index (κ3) is 5.44. The molecule has 0 aromatic heterocycles. The lowest BCUT2D eigenvalue weighted by Gasteiger charge is -2.37. The van der Waals surface area contributed by atoms with Crippen LogP contribution in [0.25, 0.3) is 0 Å². The maximum Gasteiger partial charge on any atom is 0.410 e. The van der Waals surface area contributed by atoms with Crippen molar-refractivity contribution in [1.29, 1.82) is 0 Å². The maximum absolute atomic E-state index is 12.5. The van der Waals surface area contributed by atoms with E-state index in [2.05, 4.69) is 5.32 Å². The normalized spacial score (nSPS) is 16.4. The van der Waals surface area contributed by atoms with Gasteiger partial charge in [-0.3, -0.25) is 15.4 Å². The second-order valence-electron chi connectivity index (χ2n) is 7.38. The topological polar surface area (TPSA) is 108 Å². The molecule has 1 aliphatic carbocycles. The molecule has 0 aliphatic heterocycles. The fraction of sp³-hybridized carbons (Fsp3) is 0.556. The number of nitro groups is 1. The first-order valence-electron chi connectivity index (χ1n) is 8.59. The summed E-state index contributed by atoms with van der Waals surface area (Å²) in [7, 11) is 0. The van der Waals surface area contributed by atoms with Crippen LogP contribution in [0.1, 0.15) is 63.2 Å². The molecule has 8 nitrogen and oxygen atoms in total. The van der Waals surface area contributed by atoms with Crippen molar-refractivity contribution in [1.82, 2.24) is 5.32 Å². The first kappa shape index (κ1) is 19.7. The molecule has 0 bridgehead atoms. The minimum absolute atomic E-state index is 0.110. The van der Waals surface area contributed by atoms with E-state index in [0.717, 1.165) is 19.3 Å². The van der Waals surface area contributed by atoms with Crippen LogP contribution in [0, 0.1) is 10.1 Å². The third-order valence-electron chi connectivity index (χ3n) is 3.99. The summed E-state index contributed by atoms with van der Waals surface area (Å²) < 4.78 is 10.9. The minimum atomic E-state index is -1.13. The molecule has 8 heteroatoms. The Bertz CT molecular complexity index is 672. The SMILES string of the molecule is CC(C)(C)OC(=O)NC1(OC(=O)c2ccc([N+](=O)[O-])cc2)CCCCC1. The van der Waals surface area contributed by atoms with Crippen LogP contribution in [0.3, 0.4) is 0 Å². The second-order valence-corrected chi connectivity index (χ2v) is 7.38. The number of carbonyl (C=O) groups excluding carboxylic acids is 2. The van der Waals surface area contributed by atoms with E-state index in [-0.39, 0.29) is 11.3 Å². The van der Waals surface area contributed by atoms with Crippen molar-refractivity contribution >= 4 is 17.7 Å². The van der Waals surface area contributed by atoms with E-state index < -0.39 is 28.3 Å². The quantitative estimate of drug-likeness (QED) is 0.375. The van der Waals surface area contributed by atoms with Crippen LogP contribution in [-0.4, -0.2) is 28.3 Å². The Hall–Kier alpha value is -2.64. The molecule has 0 spiro atoms. The third-order valence-corrected chi connectivity index (χ3v) is 3.99. The lowest BCUT2D eigenvalue weighted by atomic mass is 9.91. The molecule has 0 unspecified atom stereocenters. The Morgan fingerprint density at radius 2 is 1.69 bits per heavy atom. The maximum atomic E-state index is 12.5. The highest BCUT2D eigenvalue weighted by molar-refractivity contribution is 5.90. The molecule has 0 radical (unpaired) electrons. The van der Waals surface area contributed by atoms with Crippen molar-refractivity contribution in [2.24, 2.45) is 0 Å². The van der Waals surface area contributed by atoms with Crippen LogP contribution in [0.4, 0.5) is 10.5 Å². The molecular formula is C18H24N2O6. The summed E-state index contributed by atoms with van der Waals surface area (Å²) in [6, 6.07) is 5.16. The number of hydrogen-bond acceptors (Lipinski definition) is 6. The van der Waals surface area contributed by atoms with Gasteiger partial charge in [-0.25, -0.2) is 9.59 Å². The predicted octanol–water partition coefficient (Wildman–Crippen LogP) is 3.94. The van der Waals surface area contributed by atoms with Gasteiger partial charge in [-0.15, -0.1) is 0 Å². The number of alkyl carbamates (subject to hydrolysis) is 1. The Labute approximate surface area is 152 Å². The fourth-order valence-electron chi connectivity index (χ4n) is 2.82. The van der Waals surface area contributed by atoms with E-state index in [9.17, 15) is 19.7 Å². The van der Waals surface area contributed by atoms with Gasteiger partial charge < -0.3 is 9.47 Å². The first-order chi connectivity index (χ1) is 12.1. The minimum Gasteiger partial charge on any atom is -0.444 e. The second kappa shape index (κ2) is 7.72. The van der Waals surface area contributed by atoms with Gasteiger partial charge in [-0.05, 0) is 45.7 Å². The van der Waals surface area contributed by atoms with Crippen molar-refractivity contribution < 1.29 is 24.0 Å². The first-order valence-corrected chi connectivity index (χ1v) is 8.59. The number of ether oxygens (including phenoxy) is 2. The van der Waals surface area contributed by atoms with Crippen molar-refractivity contribution in [3.8, 4) is 0 Å². The number of nitrogens with zero attached hydrogens (tertiary/aromatic N) is 1. The Morgan fingerprint density at radius 1 is 1.12 bits per heavy atom. The molecule has 2 rings (SSSR count). The zero-order valence-corrected chi connectivity index (χ0v) is 15.2. The molecule has 1 N–H and O–H groups in total. The van der Waals surface area contributed by atoms with Gasteiger partial charge in [0, 0.05) is 25.0 Å². The van der Waals surface area contributed by atoms with Gasteiger partial charge in [0.2, 0.25) is 0 Å². The number of esters is 1. The number of carbonyl (C=O) groups is 2. The van der Waals surface area contributed by atoms with Crippen LogP contribution in [0.15, 0.2) is 24.3 Å². The van der Waals surface area contributed by atoms with E-state index in [1.54, 1.807) is 20.8 Å². The number of benzene rings is 1. The van der Waals surface area contributed by atoms with Gasteiger partial charge >= 0.3 is 12.1 Å². The average molecular weight is 364 g/mol. The van der Waals surface area contributed by atoms with E-state index in [0.29, 0.717) is 12.8 Å². The Balaban J connectivity index is 2.12. The number of nitrogens with one attached hydrogen (secondary N) is 1. The highest BCUT2D eigenvalue weighted by Crippen LogP contribution is 2.31. The molecule has 0 atom stereocenters. The average Bonchev–Trinajstić information content (AvgIpc) is 2.53. The summed E-state index contributed by atoms with van der Waals surface area (Å²) in [5.74, 6) is -0.641. The number of non-ortho nitro benzene ring substituents is 1. The van der Waals surface area contributed by atoms with Crippen LogP contribution in [-0.2, 0) is 9.47 Å². The van der Waals surface area contributed by atoms with Gasteiger partial charge in [0.05, 0.1) is 10.5 Å². The summed E-state index contributed by atoms with van der Waals surface area (Å²) >= 11 is 0. The Kier molecular flexibility index (Phi) is 5.84. The molecule has 0 heterocycles. The number of rotatable bonds is 4. The van der Waals surface area contributed by atoms with Crippen molar-refractivity contribution in [2.75, 3.05) is 0 Å². The van der Waals surface area contributed by atoms with E-state index in [1.165, 1.54) is 24.3 Å². The summed E-state index contributed by atoms with van der Waals surface area (Å²) in [4.78, 5) is 34.8. The van der Waals surface area contributed by atoms with Crippen molar-refractivity contribution in [2.45, 2.75) is 64.2 Å². The molecule has 0 saturated heterocycles. The highest BCUT2D eigenvalue weighted by Gasteiger charge is 2.39. The summed E-state index contributed by atoms with van der Waals surface area (Å²) in [6.07, 6.45) is 2.95. The van der Waals surface area contributed by atoms with E-state index in [4.69, 9.17) is 9.47 Å². The van der Waals surface area contributed by atoms with Crippen LogP contribution < -0.4 is 5.32 Å². The number of amides is 1. The number of hydrogen-bond donors (Lipinski definition) is 1. The molecular weight excluding hydrogens is 340 g/mol. The van der Waals surface area contributed by atoms with Crippen molar-refractivity contribution in [3.05, 3.63) is 39.9 Å². The molecule has 1 amide bonds. The van der Waals surface area contributed by atoms with Crippen molar-refractivity contribution in [3.63, 3.8) is 0 Å². The van der Waals surface area contributed by atoms with E-state index >= 15 is 0 Å². The van der Waals surface area contributed by atoms with Crippen LogP contribution in [0.5, 0.6) is 0 Å². The zero-order chi connectivity index (χ0) is 19.4. The van der Waals surface area contributed by atoms with Gasteiger partial charge in [0.1, 0.15) is 5.60 Å². The zero-order valence-electron chi connectivity index (χ0n) is 15.2. The monoisotopic (exact) mass is 364 g/mol. The van der Waals surface area contributed by atoms with Crippen LogP contribution >= 0.6 is 0 Å². The molecule has 1 aliphatic rings. The molecule has 1 fully saturated rings. The summed E-state index contributed by atoms with van der Waals surface area (Å²) in [5, 5.41) is 13.4. The van der Waals surface area contributed by atoms with Gasteiger partial charge in [0.15, 0.2) is 5.72 Å². The molecule has 26 heavy (non-hydrogen) atoms. The van der Waals surface area contributed by atoms with Gasteiger partial charge in [-0.2, -0.15) is 0 Å². The smallest absolute Gasteiger partial charge is 0.410 e. The fourth-order valence-corrected chi connectivity index (χ4v) is 2.82. The lowest BCUT2D eigenvalue weighted by molar-refractivity contribution is -0.384. The molecule has 1 aromatic rings.